The summed E-state index contributed by atoms with van der Waals surface area (Å²) in [5, 5.41) is 0. The van der Waals surface area contributed by atoms with Gasteiger partial charge in [-0.2, -0.15) is 0 Å². The molecule has 30 heavy (non-hydrogen) atoms. The summed E-state index contributed by atoms with van der Waals surface area (Å²) in [6, 6.07) is 0. The van der Waals surface area contributed by atoms with E-state index in [0.29, 0.717) is 0 Å². The van der Waals surface area contributed by atoms with Crippen LogP contribution in [0.2, 0.25) is 0 Å². The first kappa shape index (κ1) is 29.8. The molecule has 0 aromatic carbocycles. The molecule has 0 aliphatic carbocycles. The zero-order chi connectivity index (χ0) is 22.8. The van der Waals surface area contributed by atoms with E-state index < -0.39 is 0 Å². The van der Waals surface area contributed by atoms with Crippen LogP contribution in [0.1, 0.15) is 78.1 Å². The Balaban J connectivity index is 4.74. The van der Waals surface area contributed by atoms with E-state index in [1.165, 1.54) is 103 Å². The maximum atomic E-state index is 2.58. The van der Waals surface area contributed by atoms with E-state index in [9.17, 15) is 0 Å². The second-order valence-electron chi connectivity index (χ2n) is 9.99. The van der Waals surface area contributed by atoms with Crippen LogP contribution in [0.3, 0.4) is 0 Å². The Bertz CT molecular complexity index is 353. The van der Waals surface area contributed by atoms with E-state index in [1.54, 1.807) is 0 Å². The fourth-order valence-corrected chi connectivity index (χ4v) is 4.35. The molecular formula is C26H57N4. The third-order valence-electron chi connectivity index (χ3n) is 6.39. The minimum atomic E-state index is 0.829. The van der Waals surface area contributed by atoms with Gasteiger partial charge in [0.2, 0.25) is 0 Å². The average molecular weight is 426 g/mol. The fraction of sp³-hybridized carbons (Fsp3) is 0.962. The third kappa shape index (κ3) is 17.5. The molecule has 0 rings (SSSR count). The van der Waals surface area contributed by atoms with Gasteiger partial charge in [-0.3, -0.25) is 0 Å². The van der Waals surface area contributed by atoms with Crippen LogP contribution in [0.25, 0.3) is 0 Å². The predicted octanol–water partition coefficient (Wildman–Crippen LogP) is 5.10. The van der Waals surface area contributed by atoms with Crippen molar-refractivity contribution < 1.29 is 0 Å². The first-order chi connectivity index (χ1) is 14.3. The van der Waals surface area contributed by atoms with E-state index in [4.69, 9.17) is 0 Å². The number of rotatable bonds is 21. The zero-order valence-corrected chi connectivity index (χ0v) is 22.2. The largest absolute Gasteiger partial charge is 0.309 e. The highest BCUT2D eigenvalue weighted by atomic mass is 15.1. The zero-order valence-electron chi connectivity index (χ0n) is 22.2. The molecule has 0 heterocycles. The molecule has 181 valence electrons. The van der Waals surface area contributed by atoms with Crippen LogP contribution < -0.4 is 0 Å². The lowest BCUT2D eigenvalue weighted by Crippen LogP contribution is -2.26. The summed E-state index contributed by atoms with van der Waals surface area (Å²) in [6.45, 7) is 11.9. The normalized spacial score (nSPS) is 13.5. The summed E-state index contributed by atoms with van der Waals surface area (Å²) < 4.78 is 0. The highest BCUT2D eigenvalue weighted by molar-refractivity contribution is 4.97. The summed E-state index contributed by atoms with van der Waals surface area (Å²) in [7, 11) is 13.2. The Labute approximate surface area is 191 Å². The van der Waals surface area contributed by atoms with E-state index >= 15 is 0 Å². The summed E-state index contributed by atoms with van der Waals surface area (Å²) in [5.74, 6) is 2.69. The first-order valence-electron chi connectivity index (χ1n) is 12.8. The summed E-state index contributed by atoms with van der Waals surface area (Å²) >= 11 is 0. The molecule has 0 aliphatic rings. The molecule has 0 N–H and O–H groups in total. The van der Waals surface area contributed by atoms with E-state index in [2.05, 4.69) is 75.7 Å². The highest BCUT2D eigenvalue weighted by Gasteiger charge is 2.22. The summed E-state index contributed by atoms with van der Waals surface area (Å²) in [5.41, 5.74) is 0. The van der Waals surface area contributed by atoms with Crippen molar-refractivity contribution in [1.29, 1.82) is 0 Å². The molecule has 1 unspecified atom stereocenters. The Hall–Kier alpha value is -0.160. The lowest BCUT2D eigenvalue weighted by Gasteiger charge is -2.29. The van der Waals surface area contributed by atoms with E-state index in [1.807, 2.05) is 5.92 Å². The van der Waals surface area contributed by atoms with E-state index in [-0.39, 0.29) is 0 Å². The quantitative estimate of drug-likeness (QED) is 0.237. The molecule has 1 atom stereocenters. The summed E-state index contributed by atoms with van der Waals surface area (Å²) in [6.07, 6.45) is 13.6. The molecule has 0 bridgehead atoms. The number of unbranched alkanes of at least 4 members (excludes halogenated alkanes) is 3. The van der Waals surface area contributed by atoms with Crippen molar-refractivity contribution in [2.24, 2.45) is 5.92 Å². The minimum Gasteiger partial charge on any atom is -0.309 e. The summed E-state index contributed by atoms with van der Waals surface area (Å²) in [4.78, 5) is 9.60. The van der Waals surface area contributed by atoms with Crippen molar-refractivity contribution >= 4 is 0 Å². The second kappa shape index (κ2) is 19.5. The van der Waals surface area contributed by atoms with Crippen LogP contribution >= 0.6 is 0 Å². The molecule has 1 radical (unpaired) electrons. The van der Waals surface area contributed by atoms with Gasteiger partial charge in [-0.05, 0) is 138 Å². The van der Waals surface area contributed by atoms with Gasteiger partial charge in [0.15, 0.2) is 0 Å². The second-order valence-corrected chi connectivity index (χ2v) is 9.99. The molecule has 0 amide bonds. The molecule has 0 aliphatic heterocycles. The van der Waals surface area contributed by atoms with Gasteiger partial charge in [0.1, 0.15) is 0 Å². The Kier molecular flexibility index (Phi) is 19.4. The van der Waals surface area contributed by atoms with Crippen molar-refractivity contribution in [1.82, 2.24) is 19.6 Å². The van der Waals surface area contributed by atoms with Crippen molar-refractivity contribution in [3.63, 3.8) is 0 Å². The van der Waals surface area contributed by atoms with Crippen molar-refractivity contribution in [3.8, 4) is 0 Å². The van der Waals surface area contributed by atoms with Gasteiger partial charge in [-0.1, -0.05) is 33.1 Å². The predicted molar refractivity (Wildman–Crippen MR) is 136 cm³/mol. The molecule has 0 spiro atoms. The number of hydrogen-bond donors (Lipinski definition) is 0. The number of nitrogens with zero attached hydrogens (tertiary/aromatic N) is 4. The molecule has 0 aromatic heterocycles. The van der Waals surface area contributed by atoms with Gasteiger partial charge in [-0.15, -0.1) is 0 Å². The molecule has 0 aromatic rings. The first-order valence-corrected chi connectivity index (χ1v) is 12.8. The van der Waals surface area contributed by atoms with Crippen LogP contribution in [0.4, 0.5) is 0 Å². The van der Waals surface area contributed by atoms with Crippen LogP contribution in [0.5, 0.6) is 0 Å². The van der Waals surface area contributed by atoms with Crippen molar-refractivity contribution in [3.05, 3.63) is 5.92 Å². The van der Waals surface area contributed by atoms with E-state index in [0.717, 1.165) is 5.92 Å². The van der Waals surface area contributed by atoms with Gasteiger partial charge in [0, 0.05) is 0 Å². The lowest BCUT2D eigenvalue weighted by atomic mass is 9.79. The molecule has 0 saturated heterocycles. The lowest BCUT2D eigenvalue weighted by molar-refractivity contribution is 0.283. The van der Waals surface area contributed by atoms with Gasteiger partial charge in [0.05, 0.1) is 0 Å². The maximum Gasteiger partial charge on any atom is -0.00188 e. The Morgan fingerprint density at radius 2 is 1.07 bits per heavy atom. The molecule has 0 saturated carbocycles. The maximum absolute atomic E-state index is 2.58. The molecule has 4 heteroatoms. The van der Waals surface area contributed by atoms with Crippen molar-refractivity contribution in [2.45, 2.75) is 78.1 Å². The van der Waals surface area contributed by atoms with Crippen molar-refractivity contribution in [2.75, 3.05) is 81.6 Å². The Morgan fingerprint density at radius 3 is 1.63 bits per heavy atom. The van der Waals surface area contributed by atoms with Crippen LogP contribution in [-0.2, 0) is 0 Å². The van der Waals surface area contributed by atoms with Gasteiger partial charge in [0.25, 0.3) is 0 Å². The average Bonchev–Trinajstić information content (AvgIpc) is 2.68. The highest BCUT2D eigenvalue weighted by Crippen LogP contribution is 2.32. The molecule has 0 fully saturated rings. The Morgan fingerprint density at radius 1 is 0.533 bits per heavy atom. The minimum absolute atomic E-state index is 0.829. The molecule has 4 nitrogen and oxygen atoms in total. The smallest absolute Gasteiger partial charge is 0.00188 e. The van der Waals surface area contributed by atoms with Gasteiger partial charge >= 0.3 is 0 Å². The van der Waals surface area contributed by atoms with Crippen LogP contribution in [0, 0.1) is 11.8 Å². The van der Waals surface area contributed by atoms with Crippen LogP contribution in [-0.4, -0.2) is 101 Å². The SMILES string of the molecule is CCN(CC)CCC[C](CCN(C)C)C(CCCCCCN(C)C)CCCN(C)C. The fourth-order valence-electron chi connectivity index (χ4n) is 4.35. The van der Waals surface area contributed by atoms with Crippen LogP contribution in [0.15, 0.2) is 0 Å². The third-order valence-corrected chi connectivity index (χ3v) is 6.39. The topological polar surface area (TPSA) is 13.0 Å². The van der Waals surface area contributed by atoms with Gasteiger partial charge in [-0.25, -0.2) is 0 Å². The number of hydrogen-bond acceptors (Lipinski definition) is 4. The standard InChI is InChI=1S/C26H57N4/c1-9-30(10-2)23-16-19-26(20-24-29(7)8)25(18-15-22-28(5)6)17-13-11-12-14-21-27(3)4/h25H,9-24H2,1-8H3. The molecular weight excluding hydrogens is 368 g/mol. The monoisotopic (exact) mass is 425 g/mol. The van der Waals surface area contributed by atoms with Gasteiger partial charge < -0.3 is 19.6 Å².